The third kappa shape index (κ3) is 4.03. The molecular weight excluding hydrogens is 290 g/mol. The van der Waals surface area contributed by atoms with Crippen LogP contribution in [0.2, 0.25) is 0 Å². The summed E-state index contributed by atoms with van der Waals surface area (Å²) < 4.78 is 37.2. The molecular formula is C15H23NO4S. The SMILES string of the molecule is CO[C@H](C)CS(=O)(=O)N1CCO[C@@H](c2ccccc2C)C1. The molecule has 0 aliphatic carbocycles. The van der Waals surface area contributed by atoms with Gasteiger partial charge in [-0.05, 0) is 25.0 Å². The van der Waals surface area contributed by atoms with Gasteiger partial charge in [0, 0.05) is 20.2 Å². The molecule has 0 N–H and O–H groups in total. The summed E-state index contributed by atoms with van der Waals surface area (Å²) in [5.74, 6) is 0.00396. The minimum Gasteiger partial charge on any atom is -0.381 e. The van der Waals surface area contributed by atoms with E-state index >= 15 is 0 Å². The summed E-state index contributed by atoms with van der Waals surface area (Å²) in [7, 11) is -1.80. The van der Waals surface area contributed by atoms with Crippen LogP contribution in [0.5, 0.6) is 0 Å². The number of hydrogen-bond donors (Lipinski definition) is 0. The molecule has 1 aromatic rings. The van der Waals surface area contributed by atoms with Crippen molar-refractivity contribution in [1.82, 2.24) is 4.31 Å². The number of nitrogens with zero attached hydrogens (tertiary/aromatic N) is 1. The Bertz CT molecular complexity index is 573. The monoisotopic (exact) mass is 313 g/mol. The normalized spacial score (nSPS) is 22.1. The fourth-order valence-corrected chi connectivity index (χ4v) is 4.14. The van der Waals surface area contributed by atoms with Gasteiger partial charge in [-0.2, -0.15) is 4.31 Å². The van der Waals surface area contributed by atoms with Gasteiger partial charge in [0.1, 0.15) is 0 Å². The van der Waals surface area contributed by atoms with E-state index in [2.05, 4.69) is 0 Å². The summed E-state index contributed by atoms with van der Waals surface area (Å²) in [5.41, 5.74) is 2.17. The molecule has 1 fully saturated rings. The van der Waals surface area contributed by atoms with Crippen molar-refractivity contribution >= 4 is 10.0 Å². The fourth-order valence-electron chi connectivity index (χ4n) is 2.48. The number of sulfonamides is 1. The number of rotatable bonds is 5. The van der Waals surface area contributed by atoms with Crippen LogP contribution in [-0.2, 0) is 19.5 Å². The maximum Gasteiger partial charge on any atom is 0.216 e. The number of benzene rings is 1. The van der Waals surface area contributed by atoms with E-state index < -0.39 is 10.0 Å². The van der Waals surface area contributed by atoms with E-state index in [0.29, 0.717) is 19.7 Å². The molecule has 118 valence electrons. The third-order valence-electron chi connectivity index (χ3n) is 3.81. The zero-order chi connectivity index (χ0) is 15.5. The highest BCUT2D eigenvalue weighted by Crippen LogP contribution is 2.26. The third-order valence-corrected chi connectivity index (χ3v) is 5.81. The predicted octanol–water partition coefficient (Wildman–Crippen LogP) is 1.73. The molecule has 1 aliphatic heterocycles. The summed E-state index contributed by atoms with van der Waals surface area (Å²) >= 11 is 0. The first-order valence-electron chi connectivity index (χ1n) is 7.12. The highest BCUT2D eigenvalue weighted by Gasteiger charge is 2.31. The average Bonchev–Trinajstić information content (AvgIpc) is 2.47. The van der Waals surface area contributed by atoms with Gasteiger partial charge < -0.3 is 9.47 Å². The maximum atomic E-state index is 12.4. The molecule has 6 heteroatoms. The lowest BCUT2D eigenvalue weighted by molar-refractivity contribution is -0.00327. The molecule has 1 aliphatic rings. The second-order valence-corrected chi connectivity index (χ2v) is 7.41. The summed E-state index contributed by atoms with van der Waals surface area (Å²) in [4.78, 5) is 0. The lowest BCUT2D eigenvalue weighted by Crippen LogP contribution is -2.44. The van der Waals surface area contributed by atoms with Gasteiger partial charge in [0.25, 0.3) is 0 Å². The Labute approximate surface area is 126 Å². The van der Waals surface area contributed by atoms with Crippen molar-refractivity contribution in [3.63, 3.8) is 0 Å². The summed E-state index contributed by atoms with van der Waals surface area (Å²) in [5, 5.41) is 0. The van der Waals surface area contributed by atoms with E-state index in [0.717, 1.165) is 11.1 Å². The van der Waals surface area contributed by atoms with Gasteiger partial charge in [-0.25, -0.2) is 8.42 Å². The van der Waals surface area contributed by atoms with Crippen LogP contribution < -0.4 is 0 Å². The van der Waals surface area contributed by atoms with Crippen LogP contribution in [0.25, 0.3) is 0 Å². The predicted molar refractivity (Wildman–Crippen MR) is 81.7 cm³/mol. The van der Waals surface area contributed by atoms with Gasteiger partial charge in [0.15, 0.2) is 0 Å². The lowest BCUT2D eigenvalue weighted by Gasteiger charge is -2.33. The molecule has 1 saturated heterocycles. The van der Waals surface area contributed by atoms with Crippen molar-refractivity contribution in [2.45, 2.75) is 26.1 Å². The molecule has 0 bridgehead atoms. The maximum absolute atomic E-state index is 12.4. The second-order valence-electron chi connectivity index (χ2n) is 5.40. The van der Waals surface area contributed by atoms with Crippen LogP contribution in [0.1, 0.15) is 24.2 Å². The first-order valence-corrected chi connectivity index (χ1v) is 8.72. The summed E-state index contributed by atoms with van der Waals surface area (Å²) in [6.45, 7) is 4.96. The standard InChI is InChI=1S/C15H23NO4S/c1-12-6-4-5-7-14(12)15-10-16(8-9-20-15)21(17,18)11-13(2)19-3/h4-7,13,15H,8-11H2,1-3H3/t13-,15-/m1/s1. The molecule has 1 heterocycles. The molecule has 21 heavy (non-hydrogen) atoms. The van der Waals surface area contributed by atoms with E-state index in [4.69, 9.17) is 9.47 Å². The fraction of sp³-hybridized carbons (Fsp3) is 0.600. The van der Waals surface area contributed by atoms with Crippen LogP contribution in [0, 0.1) is 6.92 Å². The average molecular weight is 313 g/mol. The number of methoxy groups -OCH3 is 1. The minimum atomic E-state index is -3.32. The van der Waals surface area contributed by atoms with E-state index in [1.807, 2.05) is 31.2 Å². The van der Waals surface area contributed by atoms with Crippen molar-refractivity contribution < 1.29 is 17.9 Å². The largest absolute Gasteiger partial charge is 0.381 e. The van der Waals surface area contributed by atoms with Crippen molar-refractivity contribution in [2.75, 3.05) is 32.6 Å². The second kappa shape index (κ2) is 6.87. The quantitative estimate of drug-likeness (QED) is 0.831. The van der Waals surface area contributed by atoms with E-state index in [1.165, 1.54) is 11.4 Å². The Morgan fingerprint density at radius 2 is 2.14 bits per heavy atom. The Morgan fingerprint density at radius 1 is 1.43 bits per heavy atom. The van der Waals surface area contributed by atoms with Crippen molar-refractivity contribution in [3.05, 3.63) is 35.4 Å². The summed E-state index contributed by atoms with van der Waals surface area (Å²) in [6, 6.07) is 7.93. The molecule has 1 aromatic carbocycles. The first-order chi connectivity index (χ1) is 9.94. The molecule has 0 aromatic heterocycles. The molecule has 0 spiro atoms. The van der Waals surface area contributed by atoms with Crippen molar-refractivity contribution in [3.8, 4) is 0 Å². The number of hydrogen-bond acceptors (Lipinski definition) is 4. The van der Waals surface area contributed by atoms with Crippen LogP contribution in [-0.4, -0.2) is 51.4 Å². The minimum absolute atomic E-state index is 0.00396. The van der Waals surface area contributed by atoms with Crippen LogP contribution in [0.3, 0.4) is 0 Å². The molecule has 5 nitrogen and oxygen atoms in total. The van der Waals surface area contributed by atoms with E-state index in [1.54, 1.807) is 6.92 Å². The highest BCUT2D eigenvalue weighted by molar-refractivity contribution is 7.89. The number of aryl methyl sites for hydroxylation is 1. The van der Waals surface area contributed by atoms with Crippen molar-refractivity contribution in [2.24, 2.45) is 0 Å². The number of ether oxygens (including phenoxy) is 2. The molecule has 2 rings (SSSR count). The van der Waals surface area contributed by atoms with Crippen LogP contribution >= 0.6 is 0 Å². The van der Waals surface area contributed by atoms with Gasteiger partial charge in [0.05, 0.1) is 24.6 Å². The smallest absolute Gasteiger partial charge is 0.216 e. The van der Waals surface area contributed by atoms with Gasteiger partial charge in [0.2, 0.25) is 10.0 Å². The van der Waals surface area contributed by atoms with Gasteiger partial charge in [-0.15, -0.1) is 0 Å². The Kier molecular flexibility index (Phi) is 5.37. The molecule has 0 amide bonds. The van der Waals surface area contributed by atoms with Crippen LogP contribution in [0.15, 0.2) is 24.3 Å². The number of morpholine rings is 1. The molecule has 2 atom stereocenters. The van der Waals surface area contributed by atoms with Crippen LogP contribution in [0.4, 0.5) is 0 Å². The zero-order valence-corrected chi connectivity index (χ0v) is 13.6. The van der Waals surface area contributed by atoms with Gasteiger partial charge >= 0.3 is 0 Å². The van der Waals surface area contributed by atoms with Gasteiger partial charge in [-0.3, -0.25) is 0 Å². The van der Waals surface area contributed by atoms with E-state index in [9.17, 15) is 8.42 Å². The Hall–Kier alpha value is -0.950. The van der Waals surface area contributed by atoms with E-state index in [-0.39, 0.29) is 18.0 Å². The molecule has 0 saturated carbocycles. The van der Waals surface area contributed by atoms with Crippen molar-refractivity contribution in [1.29, 1.82) is 0 Å². The highest BCUT2D eigenvalue weighted by atomic mass is 32.2. The Morgan fingerprint density at radius 3 is 2.81 bits per heavy atom. The summed E-state index contributed by atoms with van der Waals surface area (Å²) in [6.07, 6.45) is -0.512. The molecule has 0 unspecified atom stereocenters. The lowest BCUT2D eigenvalue weighted by atomic mass is 10.0. The topological polar surface area (TPSA) is 55.8 Å². The Balaban J connectivity index is 2.12. The van der Waals surface area contributed by atoms with Gasteiger partial charge in [-0.1, -0.05) is 24.3 Å². The first kappa shape index (κ1) is 16.4. The molecule has 0 radical (unpaired) electrons. The zero-order valence-electron chi connectivity index (χ0n) is 12.8.